The van der Waals surface area contributed by atoms with Crippen molar-refractivity contribution in [2.24, 2.45) is 0 Å². The average molecular weight is 323 g/mol. The highest BCUT2D eigenvalue weighted by Crippen LogP contribution is 2.17. The number of nitrogens with zero attached hydrogens (tertiary/aromatic N) is 2. The minimum atomic E-state index is -0.222. The zero-order valence-electron chi connectivity index (χ0n) is 13.8. The van der Waals surface area contributed by atoms with Crippen molar-refractivity contribution in [2.75, 3.05) is 57.9 Å². The van der Waals surface area contributed by atoms with Crippen molar-refractivity contribution in [1.29, 1.82) is 0 Å². The second-order valence-corrected chi connectivity index (χ2v) is 5.69. The number of benzene rings is 1. The number of nitrogens with one attached hydrogen (secondary N) is 1. The van der Waals surface area contributed by atoms with Crippen molar-refractivity contribution in [2.45, 2.75) is 12.8 Å². The third-order valence-electron chi connectivity index (χ3n) is 4.04. The first kappa shape index (κ1) is 17.7. The monoisotopic (exact) mass is 323 g/mol. The van der Waals surface area contributed by atoms with Gasteiger partial charge in [0.05, 0.1) is 0 Å². The number of anilines is 1. The Balaban J connectivity index is 1.65. The van der Waals surface area contributed by atoms with Crippen LogP contribution in [0.15, 0.2) is 24.3 Å². The molecule has 0 bridgehead atoms. The van der Waals surface area contributed by atoms with E-state index >= 15 is 0 Å². The Bertz CT molecular complexity index is 473. The topological polar surface area (TPSA) is 44.8 Å². The molecule has 1 saturated heterocycles. The highest BCUT2D eigenvalue weighted by Gasteiger charge is 2.20. The molecular formula is C17H26FN3O2. The maximum atomic E-state index is 13.0. The number of carbonyl (C=O) groups excluding carboxylic acids is 1. The first-order valence-electron chi connectivity index (χ1n) is 8.18. The Morgan fingerprint density at radius 2 is 1.87 bits per heavy atom. The number of halogens is 1. The summed E-state index contributed by atoms with van der Waals surface area (Å²) in [6.45, 7) is 5.35. The molecule has 1 aromatic carbocycles. The predicted octanol–water partition coefficient (Wildman–Crippen LogP) is 1.49. The summed E-state index contributed by atoms with van der Waals surface area (Å²) in [4.78, 5) is 16.3. The molecule has 5 nitrogen and oxygen atoms in total. The number of hydrogen-bond donors (Lipinski definition) is 1. The smallest absolute Gasteiger partial charge is 0.223 e. The first-order chi connectivity index (χ1) is 11.2. The van der Waals surface area contributed by atoms with E-state index in [1.165, 1.54) is 12.1 Å². The zero-order valence-corrected chi connectivity index (χ0v) is 13.8. The van der Waals surface area contributed by atoms with Crippen LogP contribution < -0.4 is 10.2 Å². The number of hydrogen-bond acceptors (Lipinski definition) is 4. The standard InChI is InChI=1S/C17H26FN3O2/c1-23-14-2-8-19-9-7-17(22)21-12-10-20(11-13-21)16-5-3-15(18)4-6-16/h3-6,19H,2,7-14H2,1H3. The van der Waals surface area contributed by atoms with Gasteiger partial charge in [-0.15, -0.1) is 0 Å². The molecule has 0 radical (unpaired) electrons. The van der Waals surface area contributed by atoms with E-state index in [1.54, 1.807) is 19.2 Å². The van der Waals surface area contributed by atoms with Crippen molar-refractivity contribution in [3.8, 4) is 0 Å². The molecule has 0 aromatic heterocycles. The lowest BCUT2D eigenvalue weighted by Crippen LogP contribution is -2.49. The van der Waals surface area contributed by atoms with Crippen LogP contribution in [0.4, 0.5) is 10.1 Å². The van der Waals surface area contributed by atoms with Gasteiger partial charge in [0.1, 0.15) is 5.82 Å². The van der Waals surface area contributed by atoms with Crippen molar-refractivity contribution < 1.29 is 13.9 Å². The van der Waals surface area contributed by atoms with Gasteiger partial charge in [-0.3, -0.25) is 4.79 Å². The molecule has 128 valence electrons. The Morgan fingerprint density at radius 1 is 1.17 bits per heavy atom. The van der Waals surface area contributed by atoms with Crippen LogP contribution in [0, 0.1) is 5.82 Å². The quantitative estimate of drug-likeness (QED) is 0.736. The van der Waals surface area contributed by atoms with Crippen LogP contribution in [0.2, 0.25) is 0 Å². The Morgan fingerprint density at radius 3 is 2.52 bits per heavy atom. The van der Waals surface area contributed by atoms with Gasteiger partial charge in [0.15, 0.2) is 0 Å². The molecule has 2 rings (SSSR count). The van der Waals surface area contributed by atoms with E-state index in [9.17, 15) is 9.18 Å². The molecule has 1 amide bonds. The highest BCUT2D eigenvalue weighted by molar-refractivity contribution is 5.76. The van der Waals surface area contributed by atoms with Gasteiger partial charge < -0.3 is 19.9 Å². The Hall–Kier alpha value is -1.66. The van der Waals surface area contributed by atoms with Crippen molar-refractivity contribution in [3.63, 3.8) is 0 Å². The van der Waals surface area contributed by atoms with Crippen LogP contribution >= 0.6 is 0 Å². The van der Waals surface area contributed by atoms with Crippen LogP contribution in [0.3, 0.4) is 0 Å². The van der Waals surface area contributed by atoms with Gasteiger partial charge in [-0.2, -0.15) is 0 Å². The van der Waals surface area contributed by atoms with Gasteiger partial charge in [0.25, 0.3) is 0 Å². The molecule has 0 unspecified atom stereocenters. The molecule has 1 aliphatic heterocycles. The summed E-state index contributed by atoms with van der Waals surface area (Å²) in [7, 11) is 1.69. The van der Waals surface area contributed by atoms with Crippen LogP contribution in [0.1, 0.15) is 12.8 Å². The Kier molecular flexibility index (Phi) is 7.29. The fourth-order valence-corrected chi connectivity index (χ4v) is 2.69. The number of methoxy groups -OCH3 is 1. The lowest BCUT2D eigenvalue weighted by Gasteiger charge is -2.36. The van der Waals surface area contributed by atoms with Crippen molar-refractivity contribution in [1.82, 2.24) is 10.2 Å². The van der Waals surface area contributed by atoms with E-state index in [1.807, 2.05) is 4.90 Å². The van der Waals surface area contributed by atoms with Gasteiger partial charge in [-0.1, -0.05) is 0 Å². The lowest BCUT2D eigenvalue weighted by atomic mass is 10.2. The number of ether oxygens (including phenoxy) is 1. The predicted molar refractivity (Wildman–Crippen MR) is 89.2 cm³/mol. The number of amides is 1. The molecular weight excluding hydrogens is 297 g/mol. The van der Waals surface area contributed by atoms with Gasteiger partial charge in [0.2, 0.25) is 5.91 Å². The zero-order chi connectivity index (χ0) is 16.5. The van der Waals surface area contributed by atoms with Gasteiger partial charge in [-0.05, 0) is 37.2 Å². The fraction of sp³-hybridized carbons (Fsp3) is 0.588. The van der Waals surface area contributed by atoms with Gasteiger partial charge in [0, 0.05) is 58.5 Å². The molecule has 23 heavy (non-hydrogen) atoms. The second kappa shape index (κ2) is 9.47. The summed E-state index contributed by atoms with van der Waals surface area (Å²) in [5.41, 5.74) is 1.01. The summed E-state index contributed by atoms with van der Waals surface area (Å²) < 4.78 is 17.9. The molecule has 0 aliphatic carbocycles. The SMILES string of the molecule is COCCCNCCC(=O)N1CCN(c2ccc(F)cc2)CC1. The number of piperazine rings is 1. The van der Waals surface area contributed by atoms with Crippen LogP contribution in [0.5, 0.6) is 0 Å². The van der Waals surface area contributed by atoms with E-state index in [-0.39, 0.29) is 11.7 Å². The lowest BCUT2D eigenvalue weighted by molar-refractivity contribution is -0.131. The number of rotatable bonds is 8. The number of carbonyl (C=O) groups is 1. The van der Waals surface area contributed by atoms with E-state index in [0.717, 1.165) is 51.4 Å². The fourth-order valence-electron chi connectivity index (χ4n) is 2.69. The summed E-state index contributed by atoms with van der Waals surface area (Å²) >= 11 is 0. The van der Waals surface area contributed by atoms with E-state index in [2.05, 4.69) is 10.2 Å². The third-order valence-corrected chi connectivity index (χ3v) is 4.04. The van der Waals surface area contributed by atoms with E-state index in [0.29, 0.717) is 13.0 Å². The molecule has 1 fully saturated rings. The molecule has 6 heteroatoms. The van der Waals surface area contributed by atoms with Crippen molar-refractivity contribution >= 4 is 11.6 Å². The third kappa shape index (κ3) is 5.80. The highest BCUT2D eigenvalue weighted by atomic mass is 19.1. The molecule has 0 atom stereocenters. The first-order valence-corrected chi connectivity index (χ1v) is 8.18. The second-order valence-electron chi connectivity index (χ2n) is 5.69. The van der Waals surface area contributed by atoms with Crippen LogP contribution in [0.25, 0.3) is 0 Å². The average Bonchev–Trinajstić information content (AvgIpc) is 2.58. The van der Waals surface area contributed by atoms with Gasteiger partial charge >= 0.3 is 0 Å². The normalized spacial score (nSPS) is 15.0. The molecule has 0 spiro atoms. The van der Waals surface area contributed by atoms with Crippen LogP contribution in [-0.4, -0.2) is 63.8 Å². The summed E-state index contributed by atoms with van der Waals surface area (Å²) in [6, 6.07) is 6.53. The van der Waals surface area contributed by atoms with E-state index < -0.39 is 0 Å². The van der Waals surface area contributed by atoms with Gasteiger partial charge in [-0.25, -0.2) is 4.39 Å². The van der Waals surface area contributed by atoms with Crippen molar-refractivity contribution in [3.05, 3.63) is 30.1 Å². The molecule has 1 aromatic rings. The molecule has 0 saturated carbocycles. The summed E-state index contributed by atoms with van der Waals surface area (Å²) in [5, 5.41) is 3.26. The molecule has 1 aliphatic rings. The minimum absolute atomic E-state index is 0.197. The maximum Gasteiger partial charge on any atom is 0.223 e. The van der Waals surface area contributed by atoms with Crippen LogP contribution in [-0.2, 0) is 9.53 Å². The Labute approximate surface area is 137 Å². The summed E-state index contributed by atoms with van der Waals surface area (Å²) in [6.07, 6.45) is 1.49. The largest absolute Gasteiger partial charge is 0.385 e. The van der Waals surface area contributed by atoms with E-state index in [4.69, 9.17) is 4.74 Å². The minimum Gasteiger partial charge on any atom is -0.385 e. The molecule has 1 heterocycles. The maximum absolute atomic E-state index is 13.0. The molecule has 1 N–H and O–H groups in total. The summed E-state index contributed by atoms with van der Waals surface area (Å²) in [5.74, 6) is -0.0245.